The van der Waals surface area contributed by atoms with Gasteiger partial charge in [-0.1, -0.05) is 11.3 Å². The molecule has 7 nitrogen and oxygen atoms in total. The van der Waals surface area contributed by atoms with Gasteiger partial charge in [0.15, 0.2) is 5.13 Å². The maximum atomic E-state index is 11.7. The summed E-state index contributed by atoms with van der Waals surface area (Å²) in [7, 11) is 0. The molecular weight excluding hydrogens is 280 g/mol. The molecule has 0 bridgehead atoms. The van der Waals surface area contributed by atoms with Crippen molar-refractivity contribution in [1.29, 1.82) is 0 Å². The Hall–Kier alpha value is -2.48. The van der Waals surface area contributed by atoms with Crippen LogP contribution in [0.5, 0.6) is 0 Å². The monoisotopic (exact) mass is 292 g/mol. The fourth-order valence-electron chi connectivity index (χ4n) is 1.41. The van der Waals surface area contributed by atoms with Gasteiger partial charge in [0, 0.05) is 42.5 Å². The fraction of sp³-hybridized carbons (Fsp3) is 0.167. The van der Waals surface area contributed by atoms with Gasteiger partial charge in [-0.25, -0.2) is 9.78 Å². The Balaban J connectivity index is 1.83. The molecule has 2 aromatic rings. The first-order valence-corrected chi connectivity index (χ1v) is 6.59. The van der Waals surface area contributed by atoms with E-state index < -0.39 is 5.97 Å². The van der Waals surface area contributed by atoms with E-state index in [0.717, 1.165) is 6.08 Å². The number of nitrogens with zero attached hydrogens (tertiary/aromatic N) is 3. The predicted octanol–water partition coefficient (Wildman–Crippen LogP) is 1.47. The summed E-state index contributed by atoms with van der Waals surface area (Å²) < 4.78 is 1.67. The van der Waals surface area contributed by atoms with E-state index >= 15 is 0 Å². The van der Waals surface area contributed by atoms with Crippen molar-refractivity contribution in [1.82, 2.24) is 14.8 Å². The summed E-state index contributed by atoms with van der Waals surface area (Å²) in [5, 5.41) is 15.6. The minimum Gasteiger partial charge on any atom is -0.478 e. The van der Waals surface area contributed by atoms with Crippen LogP contribution in [-0.2, 0) is 16.1 Å². The molecule has 0 aromatic carbocycles. The SMILES string of the molecule is O=C(O)C=Cc1cnc(NC(=O)CCn2cccn2)s1. The van der Waals surface area contributed by atoms with Crippen LogP contribution in [0.2, 0.25) is 0 Å². The standard InChI is InChI=1S/C12H12N4O3S/c17-10(4-7-16-6-1-5-14-16)15-12-13-8-9(20-12)2-3-11(18)19/h1-3,5-6,8H,4,7H2,(H,18,19)(H,13,15,17). The van der Waals surface area contributed by atoms with Gasteiger partial charge in [0.2, 0.25) is 5.91 Å². The number of aryl methyl sites for hydroxylation is 1. The average molecular weight is 292 g/mol. The second-order valence-corrected chi connectivity index (χ2v) is 4.87. The average Bonchev–Trinajstić information content (AvgIpc) is 3.05. The summed E-state index contributed by atoms with van der Waals surface area (Å²) in [5.41, 5.74) is 0. The van der Waals surface area contributed by atoms with Gasteiger partial charge >= 0.3 is 5.97 Å². The van der Waals surface area contributed by atoms with Crippen molar-refractivity contribution in [2.75, 3.05) is 5.32 Å². The largest absolute Gasteiger partial charge is 0.478 e. The van der Waals surface area contributed by atoms with Crippen LogP contribution in [0.15, 0.2) is 30.7 Å². The number of hydrogen-bond acceptors (Lipinski definition) is 5. The topological polar surface area (TPSA) is 97.1 Å². The van der Waals surface area contributed by atoms with Gasteiger partial charge in [0.05, 0.1) is 0 Å². The molecule has 2 heterocycles. The Morgan fingerprint density at radius 2 is 2.35 bits per heavy atom. The van der Waals surface area contributed by atoms with Crippen LogP contribution in [0, 0.1) is 0 Å². The fourth-order valence-corrected chi connectivity index (χ4v) is 2.14. The van der Waals surface area contributed by atoms with E-state index in [1.165, 1.54) is 23.6 Å². The lowest BCUT2D eigenvalue weighted by Crippen LogP contribution is -2.14. The number of carboxylic acids is 1. The van der Waals surface area contributed by atoms with Crippen LogP contribution >= 0.6 is 11.3 Å². The Labute approximate surface area is 118 Å². The molecule has 2 N–H and O–H groups in total. The number of nitrogens with one attached hydrogen (secondary N) is 1. The molecule has 0 aliphatic rings. The zero-order valence-corrected chi connectivity index (χ0v) is 11.2. The molecule has 0 saturated heterocycles. The van der Waals surface area contributed by atoms with Crippen LogP contribution in [0.3, 0.4) is 0 Å². The molecule has 2 aromatic heterocycles. The first-order chi connectivity index (χ1) is 9.63. The summed E-state index contributed by atoms with van der Waals surface area (Å²) in [4.78, 5) is 26.7. The zero-order chi connectivity index (χ0) is 14.4. The molecule has 1 amide bonds. The van der Waals surface area contributed by atoms with Crippen molar-refractivity contribution in [3.63, 3.8) is 0 Å². The number of carboxylic acid groups (broad SMARTS) is 1. The second kappa shape index (κ2) is 6.62. The highest BCUT2D eigenvalue weighted by Crippen LogP contribution is 2.19. The Bertz CT molecular complexity index is 618. The van der Waals surface area contributed by atoms with E-state index in [9.17, 15) is 9.59 Å². The van der Waals surface area contributed by atoms with Crippen LogP contribution in [0.4, 0.5) is 5.13 Å². The molecule has 20 heavy (non-hydrogen) atoms. The lowest BCUT2D eigenvalue weighted by Gasteiger charge is -2.01. The molecule has 8 heteroatoms. The van der Waals surface area contributed by atoms with E-state index in [4.69, 9.17) is 5.11 Å². The number of thiazole rings is 1. The molecule has 0 radical (unpaired) electrons. The van der Waals surface area contributed by atoms with E-state index in [-0.39, 0.29) is 5.91 Å². The quantitative estimate of drug-likeness (QED) is 0.786. The number of aliphatic carboxylic acids is 1. The van der Waals surface area contributed by atoms with Crippen LogP contribution < -0.4 is 5.32 Å². The van der Waals surface area contributed by atoms with Crippen LogP contribution in [0.25, 0.3) is 6.08 Å². The molecule has 0 unspecified atom stereocenters. The summed E-state index contributed by atoms with van der Waals surface area (Å²) in [6.07, 6.45) is 7.69. The highest BCUT2D eigenvalue weighted by atomic mass is 32.1. The lowest BCUT2D eigenvalue weighted by atomic mass is 10.4. The molecule has 2 rings (SSSR count). The lowest BCUT2D eigenvalue weighted by molar-refractivity contribution is -0.131. The maximum absolute atomic E-state index is 11.7. The molecule has 0 aliphatic carbocycles. The van der Waals surface area contributed by atoms with Crippen molar-refractivity contribution >= 4 is 34.4 Å². The first kappa shape index (κ1) is 13.9. The molecule has 0 aliphatic heterocycles. The number of aromatic nitrogens is 3. The molecule has 0 spiro atoms. The molecule has 104 valence electrons. The highest BCUT2D eigenvalue weighted by Gasteiger charge is 2.06. The molecule has 0 saturated carbocycles. The van der Waals surface area contributed by atoms with E-state index in [0.29, 0.717) is 23.0 Å². The molecular formula is C12H12N4O3S. The Kier molecular flexibility index (Phi) is 4.61. The number of amides is 1. The van der Waals surface area contributed by atoms with Crippen molar-refractivity contribution < 1.29 is 14.7 Å². The van der Waals surface area contributed by atoms with Crippen molar-refractivity contribution in [2.24, 2.45) is 0 Å². The number of anilines is 1. The number of hydrogen-bond donors (Lipinski definition) is 2. The first-order valence-electron chi connectivity index (χ1n) is 5.77. The summed E-state index contributed by atoms with van der Waals surface area (Å²) in [5.74, 6) is -1.19. The molecule has 0 atom stereocenters. The number of rotatable bonds is 6. The van der Waals surface area contributed by atoms with Gasteiger partial charge in [-0.15, -0.1) is 0 Å². The third-order valence-corrected chi connectivity index (χ3v) is 3.17. The van der Waals surface area contributed by atoms with Crippen molar-refractivity contribution in [3.8, 4) is 0 Å². The number of carbonyl (C=O) groups excluding carboxylic acids is 1. The van der Waals surface area contributed by atoms with Gasteiger partial charge in [-0.2, -0.15) is 5.10 Å². The van der Waals surface area contributed by atoms with E-state index in [2.05, 4.69) is 15.4 Å². The highest BCUT2D eigenvalue weighted by molar-refractivity contribution is 7.16. The molecule has 0 fully saturated rings. The van der Waals surface area contributed by atoms with Gasteiger partial charge < -0.3 is 10.4 Å². The normalized spacial score (nSPS) is 10.8. The number of carbonyl (C=O) groups is 2. The maximum Gasteiger partial charge on any atom is 0.328 e. The predicted molar refractivity (Wildman–Crippen MR) is 74.3 cm³/mol. The zero-order valence-electron chi connectivity index (χ0n) is 10.4. The Morgan fingerprint density at radius 1 is 1.50 bits per heavy atom. The minimum absolute atomic E-state index is 0.163. The summed E-state index contributed by atoms with van der Waals surface area (Å²) in [6, 6.07) is 1.79. The van der Waals surface area contributed by atoms with Gasteiger partial charge in [-0.3, -0.25) is 9.48 Å². The van der Waals surface area contributed by atoms with Crippen LogP contribution in [-0.4, -0.2) is 31.7 Å². The second-order valence-electron chi connectivity index (χ2n) is 3.81. The Morgan fingerprint density at radius 3 is 3.05 bits per heavy atom. The van der Waals surface area contributed by atoms with Gasteiger partial charge in [0.25, 0.3) is 0 Å². The summed E-state index contributed by atoms with van der Waals surface area (Å²) >= 11 is 1.21. The van der Waals surface area contributed by atoms with E-state index in [1.54, 1.807) is 23.1 Å². The van der Waals surface area contributed by atoms with Gasteiger partial charge in [-0.05, 0) is 12.1 Å². The third-order valence-electron chi connectivity index (χ3n) is 2.29. The summed E-state index contributed by atoms with van der Waals surface area (Å²) in [6.45, 7) is 0.496. The van der Waals surface area contributed by atoms with Crippen molar-refractivity contribution in [3.05, 3.63) is 35.6 Å². The van der Waals surface area contributed by atoms with E-state index in [1.807, 2.05) is 0 Å². The third kappa shape index (κ3) is 4.32. The van der Waals surface area contributed by atoms with Crippen LogP contribution in [0.1, 0.15) is 11.3 Å². The minimum atomic E-state index is -1.02. The van der Waals surface area contributed by atoms with Crippen molar-refractivity contribution in [2.45, 2.75) is 13.0 Å². The van der Waals surface area contributed by atoms with Gasteiger partial charge in [0.1, 0.15) is 0 Å². The smallest absolute Gasteiger partial charge is 0.328 e.